The van der Waals surface area contributed by atoms with E-state index in [4.69, 9.17) is 0 Å². The SMILES string of the molecule is CN1CCN(c2ccc(NC(=O)CCC[C@@H]3CC(=O)[C@@]4(C)CCC5c6ccccc6CCC5C34)nc2)CC1. The number of aromatic nitrogens is 1. The Morgan fingerprint density at radius 2 is 1.92 bits per heavy atom. The third-order valence-electron chi connectivity index (χ3n) is 10.3. The minimum atomic E-state index is -0.171. The lowest BCUT2D eigenvalue weighted by molar-refractivity contribution is -0.129. The zero-order valence-electron chi connectivity index (χ0n) is 23.0. The monoisotopic (exact) mass is 514 g/mol. The smallest absolute Gasteiger partial charge is 0.225 e. The number of nitrogens with one attached hydrogen (secondary N) is 1. The number of anilines is 2. The molecular formula is C32H42N4O2. The summed E-state index contributed by atoms with van der Waals surface area (Å²) in [7, 11) is 2.15. The van der Waals surface area contributed by atoms with Crippen LogP contribution in [0.5, 0.6) is 0 Å². The van der Waals surface area contributed by atoms with Crippen LogP contribution in [0.25, 0.3) is 0 Å². The molecule has 2 saturated carbocycles. The molecule has 0 spiro atoms. The maximum Gasteiger partial charge on any atom is 0.225 e. The van der Waals surface area contributed by atoms with Gasteiger partial charge in [-0.15, -0.1) is 0 Å². The molecule has 1 aromatic carbocycles. The molecule has 3 fully saturated rings. The first-order chi connectivity index (χ1) is 18.4. The molecular weight excluding hydrogens is 472 g/mol. The number of carbonyl (C=O) groups is 2. The van der Waals surface area contributed by atoms with Gasteiger partial charge in [-0.3, -0.25) is 9.59 Å². The van der Waals surface area contributed by atoms with E-state index in [2.05, 4.69) is 64.4 Å². The fraction of sp³-hybridized carbons (Fsp3) is 0.594. The Morgan fingerprint density at radius 3 is 2.71 bits per heavy atom. The van der Waals surface area contributed by atoms with Crippen LogP contribution >= 0.6 is 0 Å². The van der Waals surface area contributed by atoms with Crippen LogP contribution < -0.4 is 10.2 Å². The Labute approximate surface area is 227 Å². The van der Waals surface area contributed by atoms with Gasteiger partial charge < -0.3 is 15.1 Å². The summed E-state index contributed by atoms with van der Waals surface area (Å²) in [6.07, 6.45) is 9.30. The third-order valence-corrected chi connectivity index (χ3v) is 10.3. The number of carbonyl (C=O) groups excluding carboxylic acids is 2. The van der Waals surface area contributed by atoms with E-state index in [1.807, 2.05) is 12.3 Å². The Balaban J connectivity index is 1.04. The van der Waals surface area contributed by atoms with E-state index in [0.29, 0.717) is 48.1 Å². The second-order valence-electron chi connectivity index (χ2n) is 12.5. The van der Waals surface area contributed by atoms with Gasteiger partial charge in [0.25, 0.3) is 0 Å². The largest absolute Gasteiger partial charge is 0.368 e. The van der Waals surface area contributed by atoms with Gasteiger partial charge in [0.15, 0.2) is 0 Å². The summed E-state index contributed by atoms with van der Waals surface area (Å²) in [5, 5.41) is 2.99. The van der Waals surface area contributed by atoms with E-state index in [1.165, 1.54) is 17.5 Å². The lowest BCUT2D eigenvalue weighted by Gasteiger charge is -2.50. The number of rotatable bonds is 6. The van der Waals surface area contributed by atoms with Gasteiger partial charge in [-0.1, -0.05) is 31.2 Å². The predicted molar refractivity (Wildman–Crippen MR) is 151 cm³/mol. The molecule has 2 aromatic rings. The molecule has 2 heterocycles. The van der Waals surface area contributed by atoms with Crippen molar-refractivity contribution in [1.29, 1.82) is 0 Å². The first-order valence-electron chi connectivity index (χ1n) is 14.7. The molecule has 202 valence electrons. The number of Topliss-reactive ketones (excluding diaryl/α,β-unsaturated/α-hetero) is 1. The van der Waals surface area contributed by atoms with Crippen LogP contribution in [0.3, 0.4) is 0 Å². The quantitative estimate of drug-likeness (QED) is 0.567. The zero-order chi connectivity index (χ0) is 26.3. The fourth-order valence-electron chi connectivity index (χ4n) is 8.29. The van der Waals surface area contributed by atoms with E-state index in [0.717, 1.165) is 64.0 Å². The van der Waals surface area contributed by atoms with Gasteiger partial charge >= 0.3 is 0 Å². The average molecular weight is 515 g/mol. The maximum atomic E-state index is 13.3. The predicted octanol–water partition coefficient (Wildman–Crippen LogP) is 5.29. The highest BCUT2D eigenvalue weighted by atomic mass is 16.1. The number of ketones is 1. The fourth-order valence-corrected chi connectivity index (χ4v) is 8.29. The summed E-state index contributed by atoms with van der Waals surface area (Å²) in [6.45, 7) is 6.36. The summed E-state index contributed by atoms with van der Waals surface area (Å²) in [5.41, 5.74) is 3.99. The summed E-state index contributed by atoms with van der Waals surface area (Å²) in [6, 6.07) is 12.9. The molecule has 6 heteroatoms. The highest BCUT2D eigenvalue weighted by Crippen LogP contribution is 2.62. The van der Waals surface area contributed by atoms with Crippen molar-refractivity contribution in [2.45, 2.75) is 64.2 Å². The molecule has 6 nitrogen and oxygen atoms in total. The van der Waals surface area contributed by atoms with E-state index >= 15 is 0 Å². The molecule has 3 unspecified atom stereocenters. The minimum absolute atomic E-state index is 0.0186. The van der Waals surface area contributed by atoms with Crippen molar-refractivity contribution >= 4 is 23.2 Å². The molecule has 3 aliphatic carbocycles. The normalized spacial score (nSPS) is 30.9. The lowest BCUT2D eigenvalue weighted by atomic mass is 9.54. The number of hydrogen-bond acceptors (Lipinski definition) is 5. The van der Waals surface area contributed by atoms with Crippen molar-refractivity contribution in [1.82, 2.24) is 9.88 Å². The Hall–Kier alpha value is -2.73. The molecule has 1 N–H and O–H groups in total. The van der Waals surface area contributed by atoms with Gasteiger partial charge in [-0.2, -0.15) is 0 Å². The van der Waals surface area contributed by atoms with Gasteiger partial charge in [0, 0.05) is 44.4 Å². The topological polar surface area (TPSA) is 65.5 Å². The number of pyridine rings is 1. The van der Waals surface area contributed by atoms with Gasteiger partial charge in [0.2, 0.25) is 5.91 Å². The molecule has 1 saturated heterocycles. The van der Waals surface area contributed by atoms with Crippen molar-refractivity contribution in [3.63, 3.8) is 0 Å². The number of benzene rings is 1. The number of nitrogens with zero attached hydrogens (tertiary/aromatic N) is 3. The van der Waals surface area contributed by atoms with Crippen molar-refractivity contribution < 1.29 is 9.59 Å². The zero-order valence-corrected chi connectivity index (χ0v) is 23.0. The van der Waals surface area contributed by atoms with E-state index in [1.54, 1.807) is 0 Å². The summed E-state index contributed by atoms with van der Waals surface area (Å²) in [5.74, 6) is 3.15. The van der Waals surface area contributed by atoms with Crippen LogP contribution in [0.15, 0.2) is 42.6 Å². The number of amides is 1. The first kappa shape index (κ1) is 25.5. The van der Waals surface area contributed by atoms with Crippen molar-refractivity contribution in [3.8, 4) is 0 Å². The first-order valence-corrected chi connectivity index (χ1v) is 14.7. The second-order valence-corrected chi connectivity index (χ2v) is 12.5. The molecule has 5 atom stereocenters. The van der Waals surface area contributed by atoms with Gasteiger partial charge in [-0.05, 0) is 92.5 Å². The Morgan fingerprint density at radius 1 is 1.11 bits per heavy atom. The maximum absolute atomic E-state index is 13.3. The van der Waals surface area contributed by atoms with Gasteiger partial charge in [0.1, 0.15) is 11.6 Å². The van der Waals surface area contributed by atoms with Crippen LogP contribution in [-0.2, 0) is 16.0 Å². The molecule has 4 aliphatic rings. The van der Waals surface area contributed by atoms with Crippen LogP contribution in [0.4, 0.5) is 11.5 Å². The highest BCUT2D eigenvalue weighted by Gasteiger charge is 2.58. The number of fused-ring (bicyclic) bond motifs is 5. The standard InChI is InChI=1S/C32H42N4O2/c1-32-15-14-26-25-8-4-3-6-22(25)10-12-27(26)31(32)23(20-28(32)37)7-5-9-30(38)34-29-13-11-24(21-33-29)36-18-16-35(2)17-19-36/h3-4,6,8,11,13,21,23,26-27,31H,5,7,9-10,12,14-20H2,1-2H3,(H,33,34,38)/t23-,26?,27?,31?,32-/m1/s1. The average Bonchev–Trinajstić information content (AvgIpc) is 3.19. The minimum Gasteiger partial charge on any atom is -0.368 e. The Bertz CT molecular complexity index is 1170. The van der Waals surface area contributed by atoms with Crippen LogP contribution in [0, 0.1) is 23.2 Å². The second kappa shape index (κ2) is 10.4. The molecule has 1 aliphatic heterocycles. The molecule has 0 bridgehead atoms. The van der Waals surface area contributed by atoms with Crippen LogP contribution in [-0.4, -0.2) is 54.8 Å². The molecule has 1 aromatic heterocycles. The van der Waals surface area contributed by atoms with E-state index in [9.17, 15) is 9.59 Å². The summed E-state index contributed by atoms with van der Waals surface area (Å²) in [4.78, 5) is 35.2. The van der Waals surface area contributed by atoms with Gasteiger partial charge in [-0.25, -0.2) is 4.98 Å². The van der Waals surface area contributed by atoms with Crippen molar-refractivity contribution in [2.24, 2.45) is 23.2 Å². The lowest BCUT2D eigenvalue weighted by Crippen LogP contribution is -2.44. The van der Waals surface area contributed by atoms with Crippen molar-refractivity contribution in [3.05, 3.63) is 53.7 Å². The molecule has 0 radical (unpaired) electrons. The third kappa shape index (κ3) is 4.76. The number of aryl methyl sites for hydroxylation is 1. The Kier molecular flexibility index (Phi) is 7.02. The summed E-state index contributed by atoms with van der Waals surface area (Å²) >= 11 is 0. The molecule has 1 amide bonds. The number of likely N-dealkylation sites (N-methyl/N-ethyl adjacent to an activating group) is 1. The van der Waals surface area contributed by atoms with Gasteiger partial charge in [0.05, 0.1) is 11.9 Å². The number of piperazine rings is 1. The molecule has 38 heavy (non-hydrogen) atoms. The van der Waals surface area contributed by atoms with E-state index < -0.39 is 0 Å². The number of hydrogen-bond donors (Lipinski definition) is 1. The molecule has 6 rings (SSSR count). The highest BCUT2D eigenvalue weighted by molar-refractivity contribution is 5.90. The van der Waals surface area contributed by atoms with Crippen LogP contribution in [0.2, 0.25) is 0 Å². The summed E-state index contributed by atoms with van der Waals surface area (Å²) < 4.78 is 0. The van der Waals surface area contributed by atoms with E-state index in [-0.39, 0.29) is 11.3 Å². The van der Waals surface area contributed by atoms with Crippen LogP contribution in [0.1, 0.15) is 68.9 Å². The van der Waals surface area contributed by atoms with Crippen molar-refractivity contribution in [2.75, 3.05) is 43.4 Å².